The van der Waals surface area contributed by atoms with Crippen LogP contribution >= 0.6 is 0 Å². The molecule has 1 aliphatic carbocycles. The average Bonchev–Trinajstić information content (AvgIpc) is 3.07. The molecule has 0 bridgehead atoms. The van der Waals surface area contributed by atoms with Gasteiger partial charge in [0, 0.05) is 19.2 Å². The highest BCUT2D eigenvalue weighted by atomic mass is 16.5. The number of nitrogens with zero attached hydrogens (tertiary/aromatic N) is 1. The summed E-state index contributed by atoms with van der Waals surface area (Å²) in [7, 11) is 4.15. The third kappa shape index (κ3) is 8.55. The van der Waals surface area contributed by atoms with Crippen molar-refractivity contribution in [1.82, 2.24) is 10.2 Å². The van der Waals surface area contributed by atoms with Gasteiger partial charge in [-0.25, -0.2) is 0 Å². The Bertz CT molecular complexity index is 196. The molecular formula is C13H28N2O2. The van der Waals surface area contributed by atoms with E-state index in [-0.39, 0.29) is 6.10 Å². The van der Waals surface area contributed by atoms with Crippen molar-refractivity contribution in [2.75, 3.05) is 40.4 Å². The minimum Gasteiger partial charge on any atom is -0.389 e. The molecule has 102 valence electrons. The van der Waals surface area contributed by atoms with Crippen molar-refractivity contribution in [2.24, 2.45) is 5.92 Å². The maximum Gasteiger partial charge on any atom is 0.0897 e. The fourth-order valence-electron chi connectivity index (χ4n) is 1.61. The molecule has 0 aliphatic heterocycles. The molecule has 1 fully saturated rings. The first-order valence-electron chi connectivity index (χ1n) is 6.72. The smallest absolute Gasteiger partial charge is 0.0897 e. The van der Waals surface area contributed by atoms with Gasteiger partial charge in [-0.05, 0) is 52.7 Å². The van der Waals surface area contributed by atoms with E-state index in [1.807, 2.05) is 0 Å². The predicted octanol–water partition coefficient (Wildman–Crippen LogP) is 0.704. The van der Waals surface area contributed by atoms with Gasteiger partial charge in [0.15, 0.2) is 0 Å². The molecule has 2 N–H and O–H groups in total. The quantitative estimate of drug-likeness (QED) is 0.594. The zero-order valence-electron chi connectivity index (χ0n) is 11.5. The summed E-state index contributed by atoms with van der Waals surface area (Å²) >= 11 is 0. The molecule has 0 aromatic heterocycles. The van der Waals surface area contributed by atoms with Crippen molar-refractivity contribution >= 4 is 0 Å². The Morgan fingerprint density at radius 3 is 2.71 bits per heavy atom. The zero-order valence-corrected chi connectivity index (χ0v) is 11.5. The highest BCUT2D eigenvalue weighted by Gasteiger charge is 2.21. The van der Waals surface area contributed by atoms with Crippen LogP contribution in [-0.4, -0.2) is 62.6 Å². The number of nitrogens with one attached hydrogen (secondary N) is 1. The van der Waals surface area contributed by atoms with Gasteiger partial charge in [0.05, 0.1) is 12.7 Å². The summed E-state index contributed by atoms with van der Waals surface area (Å²) in [6.45, 7) is 5.14. The molecule has 0 aromatic rings. The van der Waals surface area contributed by atoms with Gasteiger partial charge in [-0.15, -0.1) is 0 Å². The van der Waals surface area contributed by atoms with Crippen LogP contribution in [0.1, 0.15) is 26.2 Å². The largest absolute Gasteiger partial charge is 0.389 e. The van der Waals surface area contributed by atoms with Crippen molar-refractivity contribution in [1.29, 1.82) is 0 Å². The predicted molar refractivity (Wildman–Crippen MR) is 70.2 cm³/mol. The van der Waals surface area contributed by atoms with E-state index in [4.69, 9.17) is 4.74 Å². The van der Waals surface area contributed by atoms with E-state index in [9.17, 15) is 5.11 Å². The summed E-state index contributed by atoms with van der Waals surface area (Å²) in [4.78, 5) is 2.17. The lowest BCUT2D eigenvalue weighted by molar-refractivity contribution is 0.0313. The topological polar surface area (TPSA) is 44.7 Å². The third-order valence-electron chi connectivity index (χ3n) is 3.07. The number of rotatable bonds is 10. The molecule has 0 radical (unpaired) electrons. The van der Waals surface area contributed by atoms with Crippen LogP contribution in [0.4, 0.5) is 0 Å². The Labute approximate surface area is 105 Å². The Morgan fingerprint density at radius 1 is 1.41 bits per heavy atom. The summed E-state index contributed by atoms with van der Waals surface area (Å²) in [6.07, 6.45) is 3.32. The summed E-state index contributed by atoms with van der Waals surface area (Å²) in [5.74, 6) is 0.772. The van der Waals surface area contributed by atoms with Crippen LogP contribution in [0.2, 0.25) is 0 Å². The van der Waals surface area contributed by atoms with Gasteiger partial charge in [-0.3, -0.25) is 0 Å². The average molecular weight is 244 g/mol. The molecule has 4 nitrogen and oxygen atoms in total. The van der Waals surface area contributed by atoms with Crippen molar-refractivity contribution in [3.05, 3.63) is 0 Å². The zero-order chi connectivity index (χ0) is 12.7. The molecule has 0 heterocycles. The molecule has 1 rings (SSSR count). The molecule has 1 saturated carbocycles. The summed E-state index contributed by atoms with van der Waals surface area (Å²) < 4.78 is 5.45. The van der Waals surface area contributed by atoms with Crippen LogP contribution in [0, 0.1) is 5.92 Å². The highest BCUT2D eigenvalue weighted by molar-refractivity contribution is 4.72. The van der Waals surface area contributed by atoms with Gasteiger partial charge < -0.3 is 20.1 Å². The van der Waals surface area contributed by atoms with Gasteiger partial charge in [0.2, 0.25) is 0 Å². The second kappa shape index (κ2) is 8.03. The number of ether oxygens (including phenoxy) is 1. The van der Waals surface area contributed by atoms with E-state index < -0.39 is 0 Å². The molecule has 2 atom stereocenters. The molecule has 0 aromatic carbocycles. The first kappa shape index (κ1) is 14.9. The van der Waals surface area contributed by atoms with Crippen LogP contribution in [-0.2, 0) is 4.74 Å². The maximum absolute atomic E-state index is 9.71. The molecule has 17 heavy (non-hydrogen) atoms. The van der Waals surface area contributed by atoms with Crippen LogP contribution in [0.3, 0.4) is 0 Å². The number of hydrogen-bond donors (Lipinski definition) is 2. The summed E-state index contributed by atoms with van der Waals surface area (Å²) in [5.41, 5.74) is 0. The molecular weight excluding hydrogens is 216 g/mol. The maximum atomic E-state index is 9.71. The second-order valence-corrected chi connectivity index (χ2v) is 5.54. The molecule has 1 aliphatic rings. The van der Waals surface area contributed by atoms with E-state index in [1.165, 1.54) is 12.8 Å². The van der Waals surface area contributed by atoms with E-state index in [0.717, 1.165) is 25.5 Å². The fourth-order valence-corrected chi connectivity index (χ4v) is 1.61. The van der Waals surface area contributed by atoms with E-state index in [0.29, 0.717) is 19.2 Å². The lowest BCUT2D eigenvalue weighted by Gasteiger charge is -2.19. The van der Waals surface area contributed by atoms with Gasteiger partial charge in [0.25, 0.3) is 0 Å². The van der Waals surface area contributed by atoms with Crippen molar-refractivity contribution in [3.8, 4) is 0 Å². The van der Waals surface area contributed by atoms with Crippen LogP contribution in [0.5, 0.6) is 0 Å². The van der Waals surface area contributed by atoms with Crippen molar-refractivity contribution in [3.63, 3.8) is 0 Å². The second-order valence-electron chi connectivity index (χ2n) is 5.54. The normalized spacial score (nSPS) is 19.6. The molecule has 0 spiro atoms. The lowest BCUT2D eigenvalue weighted by Crippen LogP contribution is -2.37. The van der Waals surface area contributed by atoms with Crippen molar-refractivity contribution in [2.45, 2.75) is 38.3 Å². The van der Waals surface area contributed by atoms with Crippen LogP contribution in [0.25, 0.3) is 0 Å². The molecule has 4 heteroatoms. The van der Waals surface area contributed by atoms with Gasteiger partial charge in [-0.2, -0.15) is 0 Å². The standard InChI is InChI=1S/C13H28N2O2/c1-11(6-7-15(2)3)14-8-13(16)10-17-9-12-4-5-12/h11-14,16H,4-10H2,1-3H3. The fraction of sp³-hybridized carbons (Fsp3) is 1.00. The minimum atomic E-state index is -0.379. The number of aliphatic hydroxyl groups excluding tert-OH is 1. The Balaban J connectivity index is 1.91. The Hall–Kier alpha value is -0.160. The SMILES string of the molecule is CC(CCN(C)C)NCC(O)COCC1CC1. The highest BCUT2D eigenvalue weighted by Crippen LogP contribution is 2.28. The molecule has 0 saturated heterocycles. The van der Waals surface area contributed by atoms with E-state index >= 15 is 0 Å². The molecule has 0 amide bonds. The monoisotopic (exact) mass is 244 g/mol. The Kier molecular flexibility index (Phi) is 7.04. The van der Waals surface area contributed by atoms with Crippen molar-refractivity contribution < 1.29 is 9.84 Å². The minimum absolute atomic E-state index is 0.379. The first-order valence-corrected chi connectivity index (χ1v) is 6.72. The van der Waals surface area contributed by atoms with E-state index in [2.05, 4.69) is 31.2 Å². The van der Waals surface area contributed by atoms with Gasteiger partial charge >= 0.3 is 0 Å². The summed E-state index contributed by atoms with van der Waals surface area (Å²) in [6, 6.07) is 0.440. The number of aliphatic hydroxyl groups is 1. The Morgan fingerprint density at radius 2 is 2.12 bits per heavy atom. The van der Waals surface area contributed by atoms with Crippen LogP contribution < -0.4 is 5.32 Å². The van der Waals surface area contributed by atoms with Gasteiger partial charge in [0.1, 0.15) is 0 Å². The van der Waals surface area contributed by atoms with Gasteiger partial charge in [-0.1, -0.05) is 0 Å². The lowest BCUT2D eigenvalue weighted by atomic mass is 10.2. The first-order chi connectivity index (χ1) is 8.08. The third-order valence-corrected chi connectivity index (χ3v) is 3.07. The molecule has 2 unspecified atom stereocenters. The van der Waals surface area contributed by atoms with E-state index in [1.54, 1.807) is 0 Å². The van der Waals surface area contributed by atoms with Crippen LogP contribution in [0.15, 0.2) is 0 Å². The summed E-state index contributed by atoms with van der Waals surface area (Å²) in [5, 5.41) is 13.0. The number of hydrogen-bond acceptors (Lipinski definition) is 4.